The zero-order chi connectivity index (χ0) is 15.4. The number of rotatable bonds is 6. The van der Waals surface area contributed by atoms with Crippen molar-refractivity contribution in [3.8, 4) is 0 Å². The third kappa shape index (κ3) is 3.59. The molecule has 2 rings (SSSR count). The van der Waals surface area contributed by atoms with Crippen LogP contribution in [-0.4, -0.2) is 45.6 Å². The Labute approximate surface area is 124 Å². The van der Waals surface area contributed by atoms with Crippen molar-refractivity contribution in [2.75, 3.05) is 26.0 Å². The Balaban J connectivity index is 2.11. The minimum Gasteiger partial charge on any atom is -0.399 e. The highest BCUT2D eigenvalue weighted by atomic mass is 32.2. The Hall–Kier alpha value is -1.93. The standard InChI is InChI=1S/C13H18N4O3S/c1-8(12(18)15-5-6-20-2)21(19)13-16-10-4-3-9(14)7-11(10)17-13/h3-4,7-8H,5-6,14H2,1-2H3,(H,15,18)(H,16,17). The van der Waals surface area contributed by atoms with E-state index >= 15 is 0 Å². The van der Waals surface area contributed by atoms with Gasteiger partial charge in [0.1, 0.15) is 16.0 Å². The van der Waals surface area contributed by atoms with Crippen molar-refractivity contribution in [3.63, 3.8) is 0 Å². The molecule has 0 saturated heterocycles. The molecule has 1 aromatic carbocycles. The summed E-state index contributed by atoms with van der Waals surface area (Å²) >= 11 is 0. The van der Waals surface area contributed by atoms with Gasteiger partial charge in [-0.2, -0.15) is 0 Å². The Kier molecular flexibility index (Phi) is 4.92. The summed E-state index contributed by atoms with van der Waals surface area (Å²) in [4.78, 5) is 19.1. The summed E-state index contributed by atoms with van der Waals surface area (Å²) in [6.07, 6.45) is 0. The molecule has 0 fully saturated rings. The molecule has 2 aromatic rings. The highest BCUT2D eigenvalue weighted by Crippen LogP contribution is 2.18. The number of methoxy groups -OCH3 is 1. The number of nitrogens with zero attached hydrogens (tertiary/aromatic N) is 1. The van der Waals surface area contributed by atoms with E-state index in [1.165, 1.54) is 0 Å². The van der Waals surface area contributed by atoms with Gasteiger partial charge in [-0.1, -0.05) is 0 Å². The molecule has 0 radical (unpaired) electrons. The zero-order valence-electron chi connectivity index (χ0n) is 11.9. The number of nitrogens with two attached hydrogens (primary N) is 1. The topological polar surface area (TPSA) is 110 Å². The lowest BCUT2D eigenvalue weighted by molar-refractivity contribution is -0.120. The summed E-state index contributed by atoms with van der Waals surface area (Å²) in [7, 11) is -0.0138. The highest BCUT2D eigenvalue weighted by molar-refractivity contribution is 7.86. The second-order valence-corrected chi connectivity index (χ2v) is 6.23. The lowest BCUT2D eigenvalue weighted by Gasteiger charge is -2.10. The smallest absolute Gasteiger partial charge is 0.236 e. The number of amides is 1. The highest BCUT2D eigenvalue weighted by Gasteiger charge is 2.23. The molecule has 21 heavy (non-hydrogen) atoms. The quantitative estimate of drug-likeness (QED) is 0.528. The fourth-order valence-corrected chi connectivity index (χ4v) is 2.80. The molecule has 1 heterocycles. The van der Waals surface area contributed by atoms with Crippen LogP contribution in [0.15, 0.2) is 23.4 Å². The summed E-state index contributed by atoms with van der Waals surface area (Å²) in [6.45, 7) is 2.39. The van der Waals surface area contributed by atoms with Crippen LogP contribution in [0.2, 0.25) is 0 Å². The van der Waals surface area contributed by atoms with Gasteiger partial charge in [-0.3, -0.25) is 9.00 Å². The Bertz CT molecular complexity index is 670. The number of carbonyl (C=O) groups is 1. The van der Waals surface area contributed by atoms with Crippen molar-refractivity contribution < 1.29 is 13.7 Å². The zero-order valence-corrected chi connectivity index (χ0v) is 12.7. The number of fused-ring (bicyclic) bond motifs is 1. The van der Waals surface area contributed by atoms with Crippen LogP contribution in [0.4, 0.5) is 5.69 Å². The van der Waals surface area contributed by atoms with Gasteiger partial charge in [-0.05, 0) is 25.1 Å². The van der Waals surface area contributed by atoms with Gasteiger partial charge in [0.25, 0.3) is 0 Å². The molecule has 2 unspecified atom stereocenters. The van der Waals surface area contributed by atoms with Crippen molar-refractivity contribution in [1.29, 1.82) is 0 Å². The lowest BCUT2D eigenvalue weighted by atomic mass is 10.3. The SMILES string of the molecule is COCCNC(=O)C(C)S(=O)c1nc2ccc(N)cc2[nH]1. The number of benzene rings is 1. The van der Waals surface area contributed by atoms with Crippen molar-refractivity contribution in [2.45, 2.75) is 17.3 Å². The van der Waals surface area contributed by atoms with Crippen LogP contribution in [0, 0.1) is 0 Å². The van der Waals surface area contributed by atoms with E-state index in [0.717, 1.165) is 0 Å². The Morgan fingerprint density at radius 1 is 1.57 bits per heavy atom. The number of hydrogen-bond donors (Lipinski definition) is 3. The third-order valence-corrected chi connectivity index (χ3v) is 4.40. The average Bonchev–Trinajstić information content (AvgIpc) is 2.88. The van der Waals surface area contributed by atoms with E-state index in [4.69, 9.17) is 10.5 Å². The molecule has 4 N–H and O–H groups in total. The second-order valence-electron chi connectivity index (χ2n) is 4.54. The lowest BCUT2D eigenvalue weighted by Crippen LogP contribution is -2.37. The minimum absolute atomic E-state index is 0.269. The molecule has 8 heteroatoms. The number of ether oxygens (including phenoxy) is 1. The largest absolute Gasteiger partial charge is 0.399 e. The molecular formula is C13H18N4O3S. The van der Waals surface area contributed by atoms with Gasteiger partial charge in [0.05, 0.1) is 17.6 Å². The van der Waals surface area contributed by atoms with Crippen molar-refractivity contribution in [1.82, 2.24) is 15.3 Å². The summed E-state index contributed by atoms with van der Waals surface area (Å²) < 4.78 is 17.2. The summed E-state index contributed by atoms with van der Waals surface area (Å²) in [5.41, 5.74) is 7.64. The van der Waals surface area contributed by atoms with Crippen LogP contribution < -0.4 is 11.1 Å². The van der Waals surface area contributed by atoms with Crippen LogP contribution in [0.3, 0.4) is 0 Å². The molecular weight excluding hydrogens is 292 g/mol. The number of nitrogens with one attached hydrogen (secondary N) is 2. The van der Waals surface area contributed by atoms with Gasteiger partial charge in [0, 0.05) is 19.3 Å². The second kappa shape index (κ2) is 6.68. The maximum atomic E-state index is 12.4. The van der Waals surface area contributed by atoms with E-state index in [-0.39, 0.29) is 11.1 Å². The predicted octanol–water partition coefficient (Wildman–Crippen LogP) is 0.404. The maximum Gasteiger partial charge on any atom is 0.236 e. The van der Waals surface area contributed by atoms with Gasteiger partial charge in [0.2, 0.25) is 5.91 Å². The first-order valence-electron chi connectivity index (χ1n) is 6.45. The van der Waals surface area contributed by atoms with Crippen LogP contribution in [0.25, 0.3) is 11.0 Å². The van der Waals surface area contributed by atoms with Gasteiger partial charge in [-0.15, -0.1) is 0 Å². The number of carbonyl (C=O) groups excluding carboxylic acids is 1. The van der Waals surface area contributed by atoms with Crippen molar-refractivity contribution in [2.24, 2.45) is 0 Å². The van der Waals surface area contributed by atoms with E-state index in [0.29, 0.717) is 29.9 Å². The molecule has 1 amide bonds. The third-order valence-electron chi connectivity index (χ3n) is 2.97. The average molecular weight is 310 g/mol. The number of H-pyrrole nitrogens is 1. The number of anilines is 1. The van der Waals surface area contributed by atoms with E-state index in [9.17, 15) is 9.00 Å². The molecule has 114 valence electrons. The molecule has 0 spiro atoms. The van der Waals surface area contributed by atoms with Crippen molar-refractivity contribution in [3.05, 3.63) is 18.2 Å². The number of aromatic nitrogens is 2. The normalized spacial score (nSPS) is 14.0. The van der Waals surface area contributed by atoms with Crippen LogP contribution in [0.5, 0.6) is 0 Å². The number of hydrogen-bond acceptors (Lipinski definition) is 5. The molecule has 2 atom stereocenters. The van der Waals surface area contributed by atoms with Crippen LogP contribution in [-0.2, 0) is 20.3 Å². The fraction of sp³-hybridized carbons (Fsp3) is 0.385. The summed E-state index contributed by atoms with van der Waals surface area (Å²) in [5.74, 6) is -0.301. The molecule has 0 aliphatic rings. The van der Waals surface area contributed by atoms with Crippen LogP contribution in [0.1, 0.15) is 6.92 Å². The van der Waals surface area contributed by atoms with E-state index < -0.39 is 16.0 Å². The summed E-state index contributed by atoms with van der Waals surface area (Å²) in [5, 5.41) is 2.22. The molecule has 0 aliphatic carbocycles. The van der Waals surface area contributed by atoms with Gasteiger partial charge < -0.3 is 20.8 Å². The first-order chi connectivity index (χ1) is 10.0. The molecule has 0 aliphatic heterocycles. The molecule has 0 saturated carbocycles. The number of imidazole rings is 1. The van der Waals surface area contributed by atoms with Crippen LogP contribution >= 0.6 is 0 Å². The fourth-order valence-electron chi connectivity index (χ4n) is 1.78. The number of nitrogen functional groups attached to an aromatic ring is 1. The number of aromatic amines is 1. The van der Waals surface area contributed by atoms with Crippen molar-refractivity contribution >= 4 is 33.4 Å². The van der Waals surface area contributed by atoms with E-state index in [1.807, 2.05) is 0 Å². The molecule has 0 bridgehead atoms. The monoisotopic (exact) mass is 310 g/mol. The van der Waals surface area contributed by atoms with Gasteiger partial charge in [0.15, 0.2) is 5.16 Å². The van der Waals surface area contributed by atoms with E-state index in [2.05, 4.69) is 15.3 Å². The first kappa shape index (κ1) is 15.5. The first-order valence-corrected chi connectivity index (χ1v) is 7.66. The Morgan fingerprint density at radius 3 is 3.05 bits per heavy atom. The minimum atomic E-state index is -1.56. The van der Waals surface area contributed by atoms with Gasteiger partial charge >= 0.3 is 0 Å². The molecule has 1 aromatic heterocycles. The van der Waals surface area contributed by atoms with Gasteiger partial charge in [-0.25, -0.2) is 4.98 Å². The summed E-state index contributed by atoms with van der Waals surface area (Å²) in [6, 6.07) is 5.17. The maximum absolute atomic E-state index is 12.4. The predicted molar refractivity (Wildman–Crippen MR) is 81.3 cm³/mol. The van der Waals surface area contributed by atoms with E-state index in [1.54, 1.807) is 32.2 Å². The molecule has 7 nitrogen and oxygen atoms in total. The Morgan fingerprint density at radius 2 is 2.33 bits per heavy atom.